The van der Waals surface area contributed by atoms with Gasteiger partial charge in [0.25, 0.3) is 0 Å². The van der Waals surface area contributed by atoms with Gasteiger partial charge in [0.05, 0.1) is 13.7 Å². The van der Waals surface area contributed by atoms with Crippen LogP contribution in [0.2, 0.25) is 0 Å². The zero-order valence-corrected chi connectivity index (χ0v) is 18.5. The first kappa shape index (κ1) is 23.2. The van der Waals surface area contributed by atoms with Crippen LogP contribution < -0.4 is 9.47 Å². The fourth-order valence-electron chi connectivity index (χ4n) is 3.34. The molecule has 0 aliphatic carbocycles. The largest absolute Gasteiger partial charge is 0.493 e. The molecular formula is C22H36N4O3. The van der Waals surface area contributed by atoms with E-state index >= 15 is 0 Å². The van der Waals surface area contributed by atoms with Gasteiger partial charge < -0.3 is 24.0 Å². The van der Waals surface area contributed by atoms with Gasteiger partial charge in [0.15, 0.2) is 11.5 Å². The van der Waals surface area contributed by atoms with Gasteiger partial charge in [-0.1, -0.05) is 19.9 Å². The number of hydrogen-bond donors (Lipinski definition) is 1. The first-order valence-corrected chi connectivity index (χ1v) is 10.4. The van der Waals surface area contributed by atoms with Crippen molar-refractivity contribution in [3.8, 4) is 11.5 Å². The summed E-state index contributed by atoms with van der Waals surface area (Å²) in [7, 11) is 3.71. The summed E-state index contributed by atoms with van der Waals surface area (Å²) in [5.74, 6) is 2.39. The molecule has 1 aromatic heterocycles. The lowest BCUT2D eigenvalue weighted by Gasteiger charge is -2.22. The van der Waals surface area contributed by atoms with E-state index in [0.717, 1.165) is 44.1 Å². The van der Waals surface area contributed by atoms with Gasteiger partial charge in [-0.25, -0.2) is 4.98 Å². The summed E-state index contributed by atoms with van der Waals surface area (Å²) in [5.41, 5.74) is 1.12. The average molecular weight is 405 g/mol. The molecular weight excluding hydrogens is 368 g/mol. The highest BCUT2D eigenvalue weighted by Gasteiger charge is 2.13. The van der Waals surface area contributed by atoms with Crippen LogP contribution in [0.4, 0.5) is 0 Å². The number of methoxy groups -OCH3 is 1. The van der Waals surface area contributed by atoms with Gasteiger partial charge in [0, 0.05) is 32.0 Å². The number of nitrogens with zero attached hydrogens (tertiary/aromatic N) is 4. The molecule has 0 bridgehead atoms. The Bertz CT molecular complexity index is 731. The van der Waals surface area contributed by atoms with E-state index in [9.17, 15) is 5.11 Å². The Labute approximate surface area is 174 Å². The monoisotopic (exact) mass is 404 g/mol. The molecule has 0 fully saturated rings. The third-order valence-corrected chi connectivity index (χ3v) is 5.03. The zero-order valence-electron chi connectivity index (χ0n) is 18.5. The summed E-state index contributed by atoms with van der Waals surface area (Å²) in [4.78, 5) is 8.84. The molecule has 0 aliphatic rings. The van der Waals surface area contributed by atoms with Crippen molar-refractivity contribution in [3.05, 3.63) is 42.0 Å². The maximum Gasteiger partial charge on any atom is 0.161 e. The predicted molar refractivity (Wildman–Crippen MR) is 115 cm³/mol. The lowest BCUT2D eigenvalue weighted by atomic mass is 10.2. The molecule has 0 amide bonds. The van der Waals surface area contributed by atoms with Gasteiger partial charge in [0.1, 0.15) is 18.5 Å². The molecule has 1 aromatic carbocycles. The SMILES string of the molecule is CCN(CC)C[C@H](O)COc1cc(CN(C)Cc2nccn2CC)ccc1OC. The Morgan fingerprint density at radius 2 is 1.90 bits per heavy atom. The molecule has 0 unspecified atom stereocenters. The molecule has 0 saturated heterocycles. The Kier molecular flexibility index (Phi) is 9.44. The van der Waals surface area contributed by atoms with Crippen molar-refractivity contribution in [2.45, 2.75) is 46.5 Å². The number of hydrogen-bond acceptors (Lipinski definition) is 6. The number of likely N-dealkylation sites (N-methyl/N-ethyl adjacent to an activating group) is 1. The number of benzene rings is 1. The van der Waals surface area contributed by atoms with Crippen LogP contribution in [0.25, 0.3) is 0 Å². The smallest absolute Gasteiger partial charge is 0.161 e. The Morgan fingerprint density at radius 1 is 1.14 bits per heavy atom. The van der Waals surface area contributed by atoms with Gasteiger partial charge >= 0.3 is 0 Å². The van der Waals surface area contributed by atoms with E-state index in [-0.39, 0.29) is 6.61 Å². The second-order valence-electron chi connectivity index (χ2n) is 7.24. The van der Waals surface area contributed by atoms with Crippen LogP contribution in [-0.4, -0.2) is 71.0 Å². The number of aliphatic hydroxyl groups is 1. The highest BCUT2D eigenvalue weighted by atomic mass is 16.5. The van der Waals surface area contributed by atoms with E-state index in [1.165, 1.54) is 0 Å². The van der Waals surface area contributed by atoms with Crippen molar-refractivity contribution in [3.63, 3.8) is 0 Å². The minimum absolute atomic E-state index is 0.236. The number of imidazole rings is 1. The van der Waals surface area contributed by atoms with Crippen molar-refractivity contribution in [2.75, 3.05) is 40.4 Å². The van der Waals surface area contributed by atoms with Crippen molar-refractivity contribution >= 4 is 0 Å². The van der Waals surface area contributed by atoms with Crippen LogP contribution in [0.3, 0.4) is 0 Å². The minimum atomic E-state index is -0.543. The number of ether oxygens (including phenoxy) is 2. The molecule has 1 heterocycles. The van der Waals surface area contributed by atoms with Crippen LogP contribution in [-0.2, 0) is 19.6 Å². The second kappa shape index (κ2) is 11.8. The number of rotatable bonds is 13. The maximum absolute atomic E-state index is 10.3. The molecule has 0 spiro atoms. The van der Waals surface area contributed by atoms with Gasteiger partial charge in [-0.3, -0.25) is 4.90 Å². The standard InChI is InChI=1S/C22H36N4O3/c1-6-25(7-2)15-19(27)17-29-21-13-18(9-10-20(21)28-5)14-24(4)16-22-23-11-12-26(22)8-3/h9-13,19,27H,6-8,14-17H2,1-5H3/t19-/m0/s1. The van der Waals surface area contributed by atoms with Crippen molar-refractivity contribution in [1.29, 1.82) is 0 Å². The highest BCUT2D eigenvalue weighted by molar-refractivity contribution is 5.43. The topological polar surface area (TPSA) is 63.0 Å². The van der Waals surface area contributed by atoms with E-state index in [0.29, 0.717) is 18.0 Å². The highest BCUT2D eigenvalue weighted by Crippen LogP contribution is 2.28. The molecule has 0 saturated carbocycles. The summed E-state index contributed by atoms with van der Waals surface area (Å²) in [6, 6.07) is 5.95. The summed E-state index contributed by atoms with van der Waals surface area (Å²) >= 11 is 0. The van der Waals surface area contributed by atoms with Gasteiger partial charge in [-0.05, 0) is 44.8 Å². The Morgan fingerprint density at radius 3 is 2.55 bits per heavy atom. The van der Waals surface area contributed by atoms with Crippen LogP contribution in [0, 0.1) is 0 Å². The van der Waals surface area contributed by atoms with Crippen molar-refractivity contribution < 1.29 is 14.6 Å². The molecule has 0 radical (unpaired) electrons. The fourth-order valence-corrected chi connectivity index (χ4v) is 3.34. The lowest BCUT2D eigenvalue weighted by molar-refractivity contribution is 0.0705. The number of aliphatic hydroxyl groups excluding tert-OH is 1. The number of aromatic nitrogens is 2. The molecule has 2 aromatic rings. The molecule has 0 aliphatic heterocycles. The number of aryl methyl sites for hydroxylation is 1. The van der Waals surface area contributed by atoms with Gasteiger partial charge in [0.2, 0.25) is 0 Å². The van der Waals surface area contributed by atoms with E-state index in [1.54, 1.807) is 7.11 Å². The van der Waals surface area contributed by atoms with E-state index in [1.807, 2.05) is 30.6 Å². The molecule has 162 valence electrons. The molecule has 2 rings (SSSR count). The predicted octanol–water partition coefficient (Wildman–Crippen LogP) is 2.63. The molecule has 1 atom stereocenters. The van der Waals surface area contributed by atoms with Crippen molar-refractivity contribution in [1.82, 2.24) is 19.4 Å². The van der Waals surface area contributed by atoms with Crippen LogP contribution >= 0.6 is 0 Å². The molecule has 29 heavy (non-hydrogen) atoms. The van der Waals surface area contributed by atoms with Crippen LogP contribution in [0.5, 0.6) is 11.5 Å². The van der Waals surface area contributed by atoms with Gasteiger partial charge in [-0.15, -0.1) is 0 Å². The summed E-state index contributed by atoms with van der Waals surface area (Å²) in [5, 5.41) is 10.3. The van der Waals surface area contributed by atoms with E-state index in [4.69, 9.17) is 9.47 Å². The minimum Gasteiger partial charge on any atom is -0.493 e. The van der Waals surface area contributed by atoms with Crippen molar-refractivity contribution in [2.24, 2.45) is 0 Å². The second-order valence-corrected chi connectivity index (χ2v) is 7.24. The van der Waals surface area contributed by atoms with E-state index < -0.39 is 6.10 Å². The average Bonchev–Trinajstić information content (AvgIpc) is 3.17. The molecule has 7 nitrogen and oxygen atoms in total. The quantitative estimate of drug-likeness (QED) is 0.554. The maximum atomic E-state index is 10.3. The fraction of sp³-hybridized carbons (Fsp3) is 0.591. The summed E-state index contributed by atoms with van der Waals surface area (Å²) < 4.78 is 13.5. The zero-order chi connectivity index (χ0) is 21.2. The third-order valence-electron chi connectivity index (χ3n) is 5.03. The lowest BCUT2D eigenvalue weighted by Crippen LogP contribution is -2.35. The summed E-state index contributed by atoms with van der Waals surface area (Å²) in [6.07, 6.45) is 3.31. The third kappa shape index (κ3) is 7.03. The summed E-state index contributed by atoms with van der Waals surface area (Å²) in [6.45, 7) is 11.4. The van der Waals surface area contributed by atoms with E-state index in [2.05, 4.69) is 47.2 Å². The first-order valence-electron chi connectivity index (χ1n) is 10.4. The van der Waals surface area contributed by atoms with Crippen LogP contribution in [0.15, 0.2) is 30.6 Å². The first-order chi connectivity index (χ1) is 14.0. The van der Waals surface area contributed by atoms with Gasteiger partial charge in [-0.2, -0.15) is 0 Å². The normalized spacial score (nSPS) is 12.6. The molecule has 1 N–H and O–H groups in total. The molecule has 7 heteroatoms. The van der Waals surface area contributed by atoms with Crippen LogP contribution in [0.1, 0.15) is 32.2 Å². The Hall–Kier alpha value is -2.09. The Balaban J connectivity index is 1.98.